The van der Waals surface area contributed by atoms with E-state index in [1.165, 1.54) is 0 Å². The molecule has 1 rings (SSSR count). The largest absolute Gasteiger partial charge is 0.463 e. The molecule has 12 heavy (non-hydrogen) atoms. The van der Waals surface area contributed by atoms with Gasteiger partial charge in [-0.25, -0.2) is 0 Å². The van der Waals surface area contributed by atoms with Crippen LogP contribution < -0.4 is 5.32 Å². The number of nitrogens with one attached hydrogen (secondary N) is 1. The van der Waals surface area contributed by atoms with Crippen LogP contribution in [-0.2, 0) is 9.47 Å². The molecular formula is C8H11NO2S. The van der Waals surface area contributed by atoms with Gasteiger partial charge in [0.25, 0.3) is 5.17 Å². The first kappa shape index (κ1) is 9.30. The van der Waals surface area contributed by atoms with Gasteiger partial charge < -0.3 is 14.8 Å². The third-order valence-electron chi connectivity index (χ3n) is 1.51. The summed E-state index contributed by atoms with van der Waals surface area (Å²) in [4.78, 5) is 0. The number of hydrogen-bond acceptors (Lipinski definition) is 3. The summed E-state index contributed by atoms with van der Waals surface area (Å²) >= 11 is 4.78. The van der Waals surface area contributed by atoms with Crippen molar-refractivity contribution < 1.29 is 9.47 Å². The van der Waals surface area contributed by atoms with E-state index < -0.39 is 0 Å². The molecule has 1 N–H and O–H groups in total. The third kappa shape index (κ3) is 2.68. The quantitative estimate of drug-likeness (QED) is 0.506. The molecule has 66 valence electrons. The lowest BCUT2D eigenvalue weighted by Crippen LogP contribution is -2.22. The maximum Gasteiger partial charge on any atom is 0.257 e. The van der Waals surface area contributed by atoms with Crippen LogP contribution >= 0.6 is 12.2 Å². The van der Waals surface area contributed by atoms with Crippen LogP contribution in [0.1, 0.15) is 6.92 Å². The van der Waals surface area contributed by atoms with Crippen LogP contribution in [0.4, 0.5) is 0 Å². The van der Waals surface area contributed by atoms with Gasteiger partial charge in [0.05, 0.1) is 13.2 Å². The maximum atomic E-state index is 5.26. The van der Waals surface area contributed by atoms with E-state index in [4.69, 9.17) is 28.1 Å². The minimum absolute atomic E-state index is 0.00769. The highest BCUT2D eigenvalue weighted by Gasteiger charge is 2.20. The van der Waals surface area contributed by atoms with Gasteiger partial charge >= 0.3 is 0 Å². The molecule has 0 amide bonds. The molecule has 0 aromatic carbocycles. The number of thiocarbonyl (C=S) groups is 1. The molecule has 1 heterocycles. The number of hydrogen-bond donors (Lipinski definition) is 1. The molecule has 0 saturated carbocycles. The number of rotatable bonds is 3. The van der Waals surface area contributed by atoms with Crippen molar-refractivity contribution in [3.05, 3.63) is 0 Å². The zero-order valence-corrected chi connectivity index (χ0v) is 7.69. The summed E-state index contributed by atoms with van der Waals surface area (Å²) in [6.45, 7) is 3.01. The monoisotopic (exact) mass is 185 g/mol. The normalized spacial score (nSPS) is 24.0. The lowest BCUT2D eigenvalue weighted by atomic mass is 10.4. The number of terminal acetylenes is 1. The van der Waals surface area contributed by atoms with Crippen LogP contribution in [-0.4, -0.2) is 30.5 Å². The van der Waals surface area contributed by atoms with E-state index in [0.717, 1.165) is 0 Å². The van der Waals surface area contributed by atoms with Crippen LogP contribution in [0.2, 0.25) is 0 Å². The summed E-state index contributed by atoms with van der Waals surface area (Å²) in [7, 11) is 0. The molecule has 0 aromatic heterocycles. The Morgan fingerprint density at radius 1 is 2.00 bits per heavy atom. The lowest BCUT2D eigenvalue weighted by Gasteiger charge is -2.10. The minimum Gasteiger partial charge on any atom is -0.463 e. The van der Waals surface area contributed by atoms with Crippen molar-refractivity contribution in [2.75, 3.05) is 13.2 Å². The van der Waals surface area contributed by atoms with Crippen molar-refractivity contribution in [2.24, 2.45) is 0 Å². The fourth-order valence-corrected chi connectivity index (χ4v) is 1.04. The summed E-state index contributed by atoms with van der Waals surface area (Å²) in [6.07, 6.45) is 4.97. The van der Waals surface area contributed by atoms with Crippen LogP contribution in [0.5, 0.6) is 0 Å². The molecule has 0 radical (unpaired) electrons. The first-order valence-corrected chi connectivity index (χ1v) is 4.15. The summed E-state index contributed by atoms with van der Waals surface area (Å²) in [5.41, 5.74) is 0. The predicted octanol–water partition coefficient (Wildman–Crippen LogP) is 0.298. The Morgan fingerprint density at radius 2 is 2.75 bits per heavy atom. The van der Waals surface area contributed by atoms with Crippen LogP contribution in [0, 0.1) is 12.3 Å². The lowest BCUT2D eigenvalue weighted by molar-refractivity contribution is 0.0412. The zero-order chi connectivity index (χ0) is 8.97. The second kappa shape index (κ2) is 4.29. The molecule has 0 bridgehead atoms. The average Bonchev–Trinajstić information content (AvgIpc) is 2.47. The van der Waals surface area contributed by atoms with E-state index >= 15 is 0 Å². The number of ether oxygens (including phenoxy) is 2. The molecular weight excluding hydrogens is 174 g/mol. The molecule has 3 nitrogen and oxygen atoms in total. The van der Waals surface area contributed by atoms with E-state index in [2.05, 4.69) is 11.2 Å². The zero-order valence-electron chi connectivity index (χ0n) is 6.87. The smallest absolute Gasteiger partial charge is 0.257 e. The molecule has 1 fully saturated rings. The van der Waals surface area contributed by atoms with Gasteiger partial charge in [0.2, 0.25) is 0 Å². The molecule has 1 aliphatic heterocycles. The van der Waals surface area contributed by atoms with Gasteiger partial charge in [0, 0.05) is 0 Å². The second-order valence-electron chi connectivity index (χ2n) is 2.55. The third-order valence-corrected chi connectivity index (χ3v) is 1.76. The highest BCUT2D eigenvalue weighted by Crippen LogP contribution is 2.02. The van der Waals surface area contributed by atoms with Gasteiger partial charge in [-0.3, -0.25) is 0 Å². The Kier molecular flexibility index (Phi) is 3.32. The van der Waals surface area contributed by atoms with Crippen molar-refractivity contribution in [3.63, 3.8) is 0 Å². The topological polar surface area (TPSA) is 30.5 Å². The SMILES string of the molecule is C#C[C@H](C)OC[C@@H]1CNC(=S)O1. The van der Waals surface area contributed by atoms with E-state index in [-0.39, 0.29) is 12.2 Å². The van der Waals surface area contributed by atoms with Crippen LogP contribution in [0.3, 0.4) is 0 Å². The van der Waals surface area contributed by atoms with Gasteiger partial charge in [-0.05, 0) is 19.1 Å². The Morgan fingerprint density at radius 3 is 3.25 bits per heavy atom. The summed E-state index contributed by atoms with van der Waals surface area (Å²) < 4.78 is 10.4. The highest BCUT2D eigenvalue weighted by molar-refractivity contribution is 7.80. The fourth-order valence-electron chi connectivity index (χ4n) is 0.825. The van der Waals surface area contributed by atoms with Gasteiger partial charge in [0.15, 0.2) is 0 Å². The first-order valence-electron chi connectivity index (χ1n) is 3.74. The van der Waals surface area contributed by atoms with Gasteiger partial charge in [-0.15, -0.1) is 6.42 Å². The van der Waals surface area contributed by atoms with Crippen molar-refractivity contribution in [1.29, 1.82) is 0 Å². The van der Waals surface area contributed by atoms with E-state index in [1.807, 2.05) is 6.92 Å². The Labute approximate surface area is 77.4 Å². The summed E-state index contributed by atoms with van der Waals surface area (Å²) in [5, 5.41) is 3.33. The average molecular weight is 185 g/mol. The Hall–Kier alpha value is -0.790. The highest BCUT2D eigenvalue weighted by atomic mass is 32.1. The molecule has 0 unspecified atom stereocenters. The molecule has 1 saturated heterocycles. The standard InChI is InChI=1S/C8H11NO2S/c1-3-6(2)10-5-7-4-9-8(12)11-7/h1,6-7H,4-5H2,2H3,(H,9,12)/t6-,7-/m0/s1. The van der Waals surface area contributed by atoms with Crippen molar-refractivity contribution in [1.82, 2.24) is 5.32 Å². The predicted molar refractivity (Wildman–Crippen MR) is 49.7 cm³/mol. The first-order chi connectivity index (χ1) is 5.72. The molecule has 1 aliphatic rings. The second-order valence-corrected chi connectivity index (χ2v) is 2.92. The van der Waals surface area contributed by atoms with Gasteiger partial charge in [-0.1, -0.05) is 5.92 Å². The summed E-state index contributed by atoms with van der Waals surface area (Å²) in [5.74, 6) is 2.47. The molecule has 0 aliphatic carbocycles. The van der Waals surface area contributed by atoms with E-state index in [9.17, 15) is 0 Å². The fraction of sp³-hybridized carbons (Fsp3) is 0.625. The molecule has 2 atom stereocenters. The minimum atomic E-state index is -0.164. The maximum absolute atomic E-state index is 5.26. The van der Waals surface area contributed by atoms with Gasteiger partial charge in [0.1, 0.15) is 12.2 Å². The Bertz CT molecular complexity index is 212. The van der Waals surface area contributed by atoms with Crippen molar-refractivity contribution in [2.45, 2.75) is 19.1 Å². The molecule has 4 heteroatoms. The summed E-state index contributed by atoms with van der Waals surface area (Å²) in [6, 6.07) is 0. The van der Waals surface area contributed by atoms with Crippen LogP contribution in [0.25, 0.3) is 0 Å². The van der Waals surface area contributed by atoms with E-state index in [0.29, 0.717) is 18.3 Å². The Balaban J connectivity index is 2.17. The van der Waals surface area contributed by atoms with Gasteiger partial charge in [-0.2, -0.15) is 0 Å². The van der Waals surface area contributed by atoms with Crippen LogP contribution in [0.15, 0.2) is 0 Å². The molecule has 0 aromatic rings. The van der Waals surface area contributed by atoms with E-state index in [1.54, 1.807) is 0 Å². The van der Waals surface area contributed by atoms with Crippen molar-refractivity contribution >= 4 is 17.4 Å². The molecule has 0 spiro atoms. The van der Waals surface area contributed by atoms with Crippen molar-refractivity contribution in [3.8, 4) is 12.3 Å².